The Morgan fingerprint density at radius 3 is 2.31 bits per heavy atom. The third kappa shape index (κ3) is 8.17. The number of pyridine rings is 1. The number of carbonyl (C=O) groups is 1. The molecule has 0 radical (unpaired) electrons. The maximum Gasteiger partial charge on any atom is 0.435 e. The van der Waals surface area contributed by atoms with E-state index in [1.54, 1.807) is 20.1 Å². The molecule has 5 aromatic rings. The highest BCUT2D eigenvalue weighted by Gasteiger charge is 2.72. The molecule has 1 amide bonds. The molecular formula is C39H32ClF10N7OS. The summed E-state index contributed by atoms with van der Waals surface area (Å²) in [6, 6.07) is 6.74. The molecule has 0 bridgehead atoms. The second-order valence-corrected chi connectivity index (χ2v) is 15.7. The van der Waals surface area contributed by atoms with Gasteiger partial charge in [0.15, 0.2) is 11.5 Å². The van der Waals surface area contributed by atoms with Crippen LogP contribution in [-0.2, 0) is 36.4 Å². The molecule has 2 N–H and O–H groups in total. The molecule has 0 aliphatic heterocycles. The van der Waals surface area contributed by atoms with E-state index in [1.165, 1.54) is 31.2 Å². The summed E-state index contributed by atoms with van der Waals surface area (Å²) < 4.78 is 149. The first kappa shape index (κ1) is 42.2. The first-order valence-corrected chi connectivity index (χ1v) is 19.6. The van der Waals surface area contributed by atoms with Gasteiger partial charge in [-0.3, -0.25) is 14.2 Å². The molecule has 7 rings (SSSR count). The topological polar surface area (TPSA) is 89.7 Å². The number of hydrogen-bond acceptors (Lipinski definition) is 6. The highest BCUT2D eigenvalue weighted by Crippen LogP contribution is 2.71. The van der Waals surface area contributed by atoms with Crippen molar-refractivity contribution in [2.24, 2.45) is 17.8 Å². The van der Waals surface area contributed by atoms with Gasteiger partial charge in [0.1, 0.15) is 36.1 Å². The fraction of sp³-hybridized carbons (Fsp3) is 0.385. The zero-order valence-corrected chi connectivity index (χ0v) is 32.8. The van der Waals surface area contributed by atoms with Crippen LogP contribution < -0.4 is 10.0 Å². The number of fused-ring (bicyclic) bond motifs is 4. The smallest absolute Gasteiger partial charge is 0.346 e. The number of halogens is 11. The number of alkyl halides is 8. The molecule has 59 heavy (non-hydrogen) atoms. The Bertz CT molecular complexity index is 2520. The Morgan fingerprint density at radius 2 is 1.68 bits per heavy atom. The molecular weight excluding hydrogens is 840 g/mol. The van der Waals surface area contributed by atoms with Gasteiger partial charge < -0.3 is 10.0 Å². The summed E-state index contributed by atoms with van der Waals surface area (Å²) in [6.07, 6.45) is -8.73. The van der Waals surface area contributed by atoms with Gasteiger partial charge in [-0.2, -0.15) is 45.3 Å². The number of amides is 1. The zero-order valence-electron chi connectivity index (χ0n) is 31.3. The van der Waals surface area contributed by atoms with Crippen LogP contribution in [0.15, 0.2) is 42.5 Å². The van der Waals surface area contributed by atoms with Crippen molar-refractivity contribution in [2.45, 2.75) is 70.5 Å². The van der Waals surface area contributed by atoms with Gasteiger partial charge in [-0.25, -0.2) is 13.8 Å². The van der Waals surface area contributed by atoms with Crippen molar-refractivity contribution in [1.29, 1.82) is 0 Å². The van der Waals surface area contributed by atoms with Gasteiger partial charge in [-0.05, 0) is 54.2 Å². The highest BCUT2D eigenvalue weighted by atomic mass is 35.5. The van der Waals surface area contributed by atoms with Crippen molar-refractivity contribution in [3.63, 3.8) is 0 Å². The quantitative estimate of drug-likeness (QED) is 0.0826. The van der Waals surface area contributed by atoms with Gasteiger partial charge in [0.05, 0.1) is 27.7 Å². The Labute approximate surface area is 339 Å². The maximum absolute atomic E-state index is 15.6. The molecule has 2 aromatic carbocycles. The van der Waals surface area contributed by atoms with E-state index in [2.05, 4.69) is 37.1 Å². The predicted octanol–water partition coefficient (Wildman–Crippen LogP) is 10.1. The average Bonchev–Trinajstić information content (AvgIpc) is 3.34. The molecule has 2 aliphatic carbocycles. The molecule has 312 valence electrons. The van der Waals surface area contributed by atoms with Crippen LogP contribution >= 0.6 is 23.5 Å². The standard InChI is InChI=1S/C39H32ClF10N7OS/c1-17(2)5-6-22-7-8-23(24-9-10-25(40)29-33(24)57(16-37(43,44)45)54-36(29)55-59-4)32(51-22)26(13-19-11-20(41)14-21(42)12-19)52-27(58)15-56-35-30(34(53-56)39(48,49)50)28-18(3)31(28)38(35,46)47/h7-12,14,17-18,26,28,31H,13,15-16H2,1-4H3,(H,52,58)(H,54,55)/t18-,26?,28?,31?/m1/s1. The number of nitrogens with one attached hydrogen (secondary N) is 2. The van der Waals surface area contributed by atoms with Crippen LogP contribution in [0.2, 0.25) is 5.02 Å². The number of aromatic nitrogens is 5. The summed E-state index contributed by atoms with van der Waals surface area (Å²) in [6.45, 7) is 2.30. The van der Waals surface area contributed by atoms with Crippen LogP contribution in [-0.4, -0.2) is 42.9 Å². The van der Waals surface area contributed by atoms with Crippen molar-refractivity contribution in [1.82, 2.24) is 29.9 Å². The van der Waals surface area contributed by atoms with Crippen LogP contribution in [0.4, 0.5) is 49.7 Å². The Kier molecular flexibility index (Phi) is 10.9. The lowest BCUT2D eigenvalue weighted by Crippen LogP contribution is -2.35. The van der Waals surface area contributed by atoms with E-state index in [4.69, 9.17) is 11.6 Å². The normalized spacial score (nSPS) is 18.7. The van der Waals surface area contributed by atoms with Crippen LogP contribution in [0, 0.1) is 41.2 Å². The fourth-order valence-corrected chi connectivity index (χ4v) is 8.43. The number of carbonyl (C=O) groups excluding carboxylic acids is 1. The second kappa shape index (κ2) is 15.3. The number of hydrogen-bond donors (Lipinski definition) is 2. The summed E-state index contributed by atoms with van der Waals surface area (Å²) >= 11 is 7.59. The van der Waals surface area contributed by atoms with Crippen LogP contribution in [0.25, 0.3) is 22.0 Å². The number of nitrogens with zero attached hydrogens (tertiary/aromatic N) is 5. The monoisotopic (exact) mass is 871 g/mol. The Hall–Kier alpha value is -4.96. The van der Waals surface area contributed by atoms with Gasteiger partial charge in [-0.1, -0.05) is 56.3 Å². The first-order valence-electron chi connectivity index (χ1n) is 18.0. The van der Waals surface area contributed by atoms with Crippen molar-refractivity contribution < 1.29 is 48.7 Å². The van der Waals surface area contributed by atoms with E-state index < -0.39 is 96.1 Å². The summed E-state index contributed by atoms with van der Waals surface area (Å²) in [7, 11) is 0. The lowest BCUT2D eigenvalue weighted by atomic mass is 9.93. The van der Waals surface area contributed by atoms with Crippen LogP contribution in [0.1, 0.15) is 66.6 Å². The molecule has 1 fully saturated rings. The summed E-state index contributed by atoms with van der Waals surface area (Å²) in [5.41, 5.74) is -3.25. The van der Waals surface area contributed by atoms with Gasteiger partial charge in [0, 0.05) is 46.8 Å². The van der Waals surface area contributed by atoms with Gasteiger partial charge in [-0.15, -0.1) is 0 Å². The Morgan fingerprint density at radius 1 is 1.00 bits per heavy atom. The molecule has 3 aromatic heterocycles. The molecule has 4 atom stereocenters. The number of benzene rings is 2. The molecule has 0 spiro atoms. The van der Waals surface area contributed by atoms with E-state index in [-0.39, 0.29) is 55.7 Å². The van der Waals surface area contributed by atoms with Gasteiger partial charge in [0.2, 0.25) is 5.91 Å². The van der Waals surface area contributed by atoms with Crippen LogP contribution in [0.5, 0.6) is 0 Å². The van der Waals surface area contributed by atoms with Gasteiger partial charge >= 0.3 is 12.4 Å². The van der Waals surface area contributed by atoms with Crippen molar-refractivity contribution in [3.8, 4) is 23.0 Å². The lowest BCUT2D eigenvalue weighted by molar-refractivity contribution is -0.143. The molecule has 2 aliphatic rings. The maximum atomic E-state index is 15.6. The van der Waals surface area contributed by atoms with E-state index in [0.29, 0.717) is 15.4 Å². The highest BCUT2D eigenvalue weighted by molar-refractivity contribution is 7.99. The zero-order chi connectivity index (χ0) is 42.9. The third-order valence-corrected chi connectivity index (χ3v) is 10.8. The molecule has 3 heterocycles. The second-order valence-electron chi connectivity index (χ2n) is 14.7. The van der Waals surface area contributed by atoms with Crippen molar-refractivity contribution in [2.75, 3.05) is 11.0 Å². The lowest BCUT2D eigenvalue weighted by Gasteiger charge is -2.23. The number of anilines is 1. The molecule has 0 saturated heterocycles. The molecule has 8 nitrogen and oxygen atoms in total. The minimum Gasteiger partial charge on any atom is -0.346 e. The van der Waals surface area contributed by atoms with Gasteiger partial charge in [0.25, 0.3) is 5.92 Å². The van der Waals surface area contributed by atoms with E-state index >= 15 is 8.78 Å². The van der Waals surface area contributed by atoms with E-state index in [9.17, 15) is 39.9 Å². The first-order chi connectivity index (χ1) is 27.6. The minimum atomic E-state index is -5.12. The fourth-order valence-electron chi connectivity index (χ4n) is 7.85. The molecule has 20 heteroatoms. The van der Waals surface area contributed by atoms with E-state index in [0.717, 1.165) is 24.1 Å². The predicted molar refractivity (Wildman–Crippen MR) is 200 cm³/mol. The SMILES string of the molecule is CSNc1nn(CC(F)(F)F)c2c(-c3ccc(C#CC(C)C)nc3C(Cc3cc(F)cc(F)c3)NC(=O)Cn3nc(C(F)(F)F)c4c3C(F)(F)C3C4[C@H]3C)ccc(Cl)c12. The minimum absolute atomic E-state index is 0.00793. The van der Waals surface area contributed by atoms with E-state index in [1.807, 2.05) is 0 Å². The molecule has 1 saturated carbocycles. The third-order valence-electron chi connectivity index (χ3n) is 10.1. The van der Waals surface area contributed by atoms with Crippen molar-refractivity contribution >= 4 is 46.2 Å². The van der Waals surface area contributed by atoms with Crippen molar-refractivity contribution in [3.05, 3.63) is 93.0 Å². The molecule has 3 unspecified atom stereocenters. The number of rotatable bonds is 10. The average molecular weight is 872 g/mol. The summed E-state index contributed by atoms with van der Waals surface area (Å²) in [5, 5.41) is 10.3. The van der Waals surface area contributed by atoms with Crippen LogP contribution in [0.3, 0.4) is 0 Å². The summed E-state index contributed by atoms with van der Waals surface area (Å²) in [5.74, 6) is -4.52. The largest absolute Gasteiger partial charge is 0.435 e. The Balaban J connectivity index is 1.40. The summed E-state index contributed by atoms with van der Waals surface area (Å²) in [4.78, 5) is 18.6.